The Morgan fingerprint density at radius 3 is 2.11 bits per heavy atom. The standard InChI is InChI=1S/C17H30N2/c1-6-12-19(5)13-17(18-7-2)16-10-8-15(9-11-16)14(3)4/h8-11,14,17-18H,6-7,12-13H2,1-5H3. The summed E-state index contributed by atoms with van der Waals surface area (Å²) in [6.45, 7) is 12.1. The highest BCUT2D eigenvalue weighted by Gasteiger charge is 2.12. The van der Waals surface area contributed by atoms with E-state index in [0.29, 0.717) is 12.0 Å². The molecule has 1 rings (SSSR count). The molecule has 0 amide bonds. The van der Waals surface area contributed by atoms with Crippen LogP contribution in [0, 0.1) is 0 Å². The molecule has 0 aliphatic heterocycles. The van der Waals surface area contributed by atoms with Gasteiger partial charge in [0.15, 0.2) is 0 Å². The van der Waals surface area contributed by atoms with E-state index in [4.69, 9.17) is 0 Å². The Balaban J connectivity index is 2.74. The van der Waals surface area contributed by atoms with Crippen molar-refractivity contribution in [3.63, 3.8) is 0 Å². The molecule has 1 N–H and O–H groups in total. The van der Waals surface area contributed by atoms with Crippen LogP contribution in [0.4, 0.5) is 0 Å². The van der Waals surface area contributed by atoms with E-state index in [2.05, 4.69) is 69.2 Å². The highest BCUT2D eigenvalue weighted by atomic mass is 15.1. The van der Waals surface area contributed by atoms with Crippen molar-refractivity contribution in [2.24, 2.45) is 0 Å². The Hall–Kier alpha value is -0.860. The van der Waals surface area contributed by atoms with E-state index >= 15 is 0 Å². The fourth-order valence-corrected chi connectivity index (χ4v) is 2.43. The summed E-state index contributed by atoms with van der Waals surface area (Å²) in [7, 11) is 2.20. The molecule has 0 saturated heterocycles. The first-order chi connectivity index (χ1) is 9.08. The van der Waals surface area contributed by atoms with Crippen LogP contribution in [-0.2, 0) is 0 Å². The first kappa shape index (κ1) is 16.2. The first-order valence-electron chi connectivity index (χ1n) is 7.60. The molecule has 0 radical (unpaired) electrons. The van der Waals surface area contributed by atoms with Gasteiger partial charge in [-0.3, -0.25) is 0 Å². The van der Waals surface area contributed by atoms with E-state index in [1.165, 1.54) is 17.5 Å². The summed E-state index contributed by atoms with van der Waals surface area (Å²) in [6.07, 6.45) is 1.21. The third kappa shape index (κ3) is 5.33. The van der Waals surface area contributed by atoms with Crippen LogP contribution in [0.25, 0.3) is 0 Å². The number of nitrogens with one attached hydrogen (secondary N) is 1. The summed E-state index contributed by atoms with van der Waals surface area (Å²) in [5.41, 5.74) is 2.81. The first-order valence-corrected chi connectivity index (χ1v) is 7.60. The van der Waals surface area contributed by atoms with E-state index in [1.807, 2.05) is 0 Å². The molecule has 19 heavy (non-hydrogen) atoms. The van der Waals surface area contributed by atoms with Gasteiger partial charge in [0.05, 0.1) is 0 Å². The summed E-state index contributed by atoms with van der Waals surface area (Å²) in [4.78, 5) is 2.41. The lowest BCUT2D eigenvalue weighted by atomic mass is 9.99. The molecular formula is C17H30N2. The number of rotatable bonds is 8. The second-order valence-electron chi connectivity index (χ2n) is 5.69. The monoisotopic (exact) mass is 262 g/mol. The molecule has 1 atom stereocenters. The van der Waals surface area contributed by atoms with Crippen molar-refractivity contribution in [2.75, 3.05) is 26.7 Å². The van der Waals surface area contributed by atoms with Gasteiger partial charge in [0, 0.05) is 12.6 Å². The molecular weight excluding hydrogens is 232 g/mol. The lowest BCUT2D eigenvalue weighted by Gasteiger charge is -2.25. The van der Waals surface area contributed by atoms with E-state index in [0.717, 1.165) is 19.6 Å². The van der Waals surface area contributed by atoms with Crippen LogP contribution < -0.4 is 5.32 Å². The molecule has 0 spiro atoms. The van der Waals surface area contributed by atoms with Crippen molar-refractivity contribution in [1.82, 2.24) is 10.2 Å². The molecule has 0 fully saturated rings. The van der Waals surface area contributed by atoms with Crippen LogP contribution in [0.2, 0.25) is 0 Å². The minimum atomic E-state index is 0.433. The van der Waals surface area contributed by atoms with Gasteiger partial charge >= 0.3 is 0 Å². The van der Waals surface area contributed by atoms with Crippen LogP contribution in [0.5, 0.6) is 0 Å². The van der Waals surface area contributed by atoms with Crippen LogP contribution in [0.15, 0.2) is 24.3 Å². The smallest absolute Gasteiger partial charge is 0.0449 e. The van der Waals surface area contributed by atoms with Crippen molar-refractivity contribution >= 4 is 0 Å². The van der Waals surface area contributed by atoms with Gasteiger partial charge < -0.3 is 10.2 Å². The Morgan fingerprint density at radius 1 is 1.05 bits per heavy atom. The highest BCUT2D eigenvalue weighted by Crippen LogP contribution is 2.19. The zero-order chi connectivity index (χ0) is 14.3. The second kappa shape index (κ2) is 8.34. The molecule has 1 aromatic rings. The zero-order valence-electron chi connectivity index (χ0n) is 13.2. The maximum Gasteiger partial charge on any atom is 0.0449 e. The molecule has 1 unspecified atom stereocenters. The van der Waals surface area contributed by atoms with Crippen molar-refractivity contribution in [3.05, 3.63) is 35.4 Å². The molecule has 0 bridgehead atoms. The van der Waals surface area contributed by atoms with Crippen LogP contribution in [0.1, 0.15) is 57.2 Å². The van der Waals surface area contributed by atoms with Gasteiger partial charge in [0.25, 0.3) is 0 Å². The van der Waals surface area contributed by atoms with Crippen molar-refractivity contribution < 1.29 is 0 Å². The van der Waals surface area contributed by atoms with Gasteiger partial charge in [0.1, 0.15) is 0 Å². The normalized spacial score (nSPS) is 13.2. The second-order valence-corrected chi connectivity index (χ2v) is 5.69. The largest absolute Gasteiger partial charge is 0.309 e. The number of likely N-dealkylation sites (N-methyl/N-ethyl adjacent to an activating group) is 2. The van der Waals surface area contributed by atoms with Gasteiger partial charge in [-0.25, -0.2) is 0 Å². The van der Waals surface area contributed by atoms with Crippen LogP contribution in [0.3, 0.4) is 0 Å². The maximum absolute atomic E-state index is 3.60. The summed E-state index contributed by atoms with van der Waals surface area (Å²) in [5, 5.41) is 3.60. The summed E-state index contributed by atoms with van der Waals surface area (Å²) in [5.74, 6) is 0.606. The van der Waals surface area contributed by atoms with Crippen molar-refractivity contribution in [3.8, 4) is 0 Å². The molecule has 2 nitrogen and oxygen atoms in total. The van der Waals surface area contributed by atoms with E-state index in [-0.39, 0.29) is 0 Å². The predicted octanol–water partition coefficient (Wildman–Crippen LogP) is 3.80. The van der Waals surface area contributed by atoms with Gasteiger partial charge in [0.2, 0.25) is 0 Å². The number of benzene rings is 1. The van der Waals surface area contributed by atoms with E-state index in [9.17, 15) is 0 Å². The van der Waals surface area contributed by atoms with Crippen LogP contribution in [-0.4, -0.2) is 31.6 Å². The number of hydrogen-bond acceptors (Lipinski definition) is 2. The number of hydrogen-bond donors (Lipinski definition) is 1. The molecule has 1 aromatic carbocycles. The van der Waals surface area contributed by atoms with Crippen molar-refractivity contribution in [2.45, 2.75) is 46.1 Å². The van der Waals surface area contributed by atoms with Crippen LogP contribution >= 0.6 is 0 Å². The SMILES string of the molecule is CCCN(C)CC(NCC)c1ccc(C(C)C)cc1. The van der Waals surface area contributed by atoms with Crippen molar-refractivity contribution in [1.29, 1.82) is 0 Å². The van der Waals surface area contributed by atoms with Gasteiger partial charge in [-0.1, -0.05) is 52.0 Å². The van der Waals surface area contributed by atoms with E-state index < -0.39 is 0 Å². The topological polar surface area (TPSA) is 15.3 Å². The van der Waals surface area contributed by atoms with E-state index in [1.54, 1.807) is 0 Å². The molecule has 0 aromatic heterocycles. The Labute approximate surface area is 119 Å². The summed E-state index contributed by atoms with van der Waals surface area (Å²) < 4.78 is 0. The maximum atomic E-state index is 3.60. The molecule has 108 valence electrons. The third-order valence-corrected chi connectivity index (χ3v) is 3.56. The Kier molecular flexibility index (Phi) is 7.11. The summed E-state index contributed by atoms with van der Waals surface area (Å²) in [6, 6.07) is 9.53. The average Bonchev–Trinajstić information content (AvgIpc) is 2.38. The molecule has 0 aliphatic rings. The van der Waals surface area contributed by atoms with Gasteiger partial charge in [-0.05, 0) is 43.6 Å². The third-order valence-electron chi connectivity index (χ3n) is 3.56. The quantitative estimate of drug-likeness (QED) is 0.766. The molecule has 0 heterocycles. The minimum absolute atomic E-state index is 0.433. The van der Waals surface area contributed by atoms with Gasteiger partial charge in [-0.2, -0.15) is 0 Å². The lowest BCUT2D eigenvalue weighted by molar-refractivity contribution is 0.292. The molecule has 2 heteroatoms. The fourth-order valence-electron chi connectivity index (χ4n) is 2.43. The Morgan fingerprint density at radius 2 is 1.63 bits per heavy atom. The number of nitrogens with zero attached hydrogens (tertiary/aromatic N) is 1. The Bertz CT molecular complexity index is 343. The molecule has 0 aliphatic carbocycles. The minimum Gasteiger partial charge on any atom is -0.309 e. The average molecular weight is 262 g/mol. The zero-order valence-corrected chi connectivity index (χ0v) is 13.2. The highest BCUT2D eigenvalue weighted by molar-refractivity contribution is 5.27. The fraction of sp³-hybridized carbons (Fsp3) is 0.647. The predicted molar refractivity (Wildman–Crippen MR) is 84.7 cm³/mol. The molecule has 0 saturated carbocycles. The van der Waals surface area contributed by atoms with Gasteiger partial charge in [-0.15, -0.1) is 0 Å². The summed E-state index contributed by atoms with van der Waals surface area (Å²) >= 11 is 0. The lowest BCUT2D eigenvalue weighted by Crippen LogP contribution is -2.33.